The molecule has 0 aromatic heterocycles. The Bertz CT molecular complexity index is 822. The fourth-order valence-corrected chi connectivity index (χ4v) is 3.94. The Morgan fingerprint density at radius 2 is 1.71 bits per heavy atom. The van der Waals surface area contributed by atoms with Gasteiger partial charge >= 0.3 is 0 Å². The molecule has 2 aromatic rings. The number of methoxy groups -OCH3 is 1. The molecule has 0 aliphatic rings. The Morgan fingerprint density at radius 3 is 2.32 bits per heavy atom. The first-order valence-corrected chi connectivity index (χ1v) is 11.9. The highest BCUT2D eigenvalue weighted by molar-refractivity contribution is 7.99. The molecule has 1 N–H and O–H groups in total. The molecule has 0 saturated heterocycles. The van der Waals surface area contributed by atoms with Crippen LogP contribution in [-0.2, 0) is 21.9 Å². The molecule has 1 unspecified atom stereocenters. The van der Waals surface area contributed by atoms with Gasteiger partial charge in [-0.1, -0.05) is 55.3 Å². The van der Waals surface area contributed by atoms with Crippen LogP contribution in [0, 0.1) is 6.92 Å². The molecular formula is C25H34N2O3S. The summed E-state index contributed by atoms with van der Waals surface area (Å²) in [5.74, 6) is 1.71. The highest BCUT2D eigenvalue weighted by Crippen LogP contribution is 2.18. The van der Waals surface area contributed by atoms with Crippen LogP contribution in [0.15, 0.2) is 48.5 Å². The maximum Gasteiger partial charge on any atom is 0.242 e. The van der Waals surface area contributed by atoms with E-state index in [2.05, 4.69) is 43.4 Å². The third kappa shape index (κ3) is 8.29. The zero-order valence-corrected chi connectivity index (χ0v) is 19.8. The SMILES string of the molecule is CCCCNC(=O)C(C)N(Cc1ccc(OC)cc1)C(=O)CSCc1ccc(C)cc1. The third-order valence-corrected chi connectivity index (χ3v) is 6.11. The predicted octanol–water partition coefficient (Wildman–Crippen LogP) is 4.57. The molecule has 2 rings (SSSR count). The first-order valence-electron chi connectivity index (χ1n) is 10.8. The summed E-state index contributed by atoms with van der Waals surface area (Å²) in [5, 5.41) is 2.95. The van der Waals surface area contributed by atoms with Crippen molar-refractivity contribution < 1.29 is 14.3 Å². The molecule has 0 spiro atoms. The van der Waals surface area contributed by atoms with Crippen LogP contribution in [0.2, 0.25) is 0 Å². The standard InChI is InChI=1S/C25H34N2O3S/c1-5-6-15-26-25(29)20(3)27(16-21-11-13-23(30-4)14-12-21)24(28)18-31-17-22-9-7-19(2)8-10-22/h7-14,20H,5-6,15-18H2,1-4H3,(H,26,29). The van der Waals surface area contributed by atoms with E-state index in [-0.39, 0.29) is 11.8 Å². The number of nitrogens with one attached hydrogen (secondary N) is 1. The molecule has 0 aliphatic heterocycles. The minimum atomic E-state index is -0.536. The van der Waals surface area contributed by atoms with Crippen molar-refractivity contribution in [3.05, 3.63) is 65.2 Å². The minimum Gasteiger partial charge on any atom is -0.497 e. The van der Waals surface area contributed by atoms with Gasteiger partial charge in [-0.3, -0.25) is 9.59 Å². The summed E-state index contributed by atoms with van der Waals surface area (Å²) in [6, 6.07) is 15.4. The maximum atomic E-state index is 13.1. The Morgan fingerprint density at radius 1 is 1.06 bits per heavy atom. The number of benzene rings is 2. The monoisotopic (exact) mass is 442 g/mol. The number of amides is 2. The van der Waals surface area contributed by atoms with Crippen molar-refractivity contribution in [1.29, 1.82) is 0 Å². The van der Waals surface area contributed by atoms with E-state index in [4.69, 9.17) is 4.74 Å². The van der Waals surface area contributed by atoms with Crippen LogP contribution in [0.4, 0.5) is 0 Å². The van der Waals surface area contributed by atoms with Crippen LogP contribution >= 0.6 is 11.8 Å². The summed E-state index contributed by atoms with van der Waals surface area (Å²) in [7, 11) is 1.62. The second-order valence-electron chi connectivity index (χ2n) is 7.67. The third-order valence-electron chi connectivity index (χ3n) is 5.12. The van der Waals surface area contributed by atoms with Gasteiger partial charge in [0.2, 0.25) is 11.8 Å². The average Bonchev–Trinajstić information content (AvgIpc) is 2.78. The molecule has 0 heterocycles. The number of ether oxygens (including phenoxy) is 1. The molecule has 0 fully saturated rings. The van der Waals surface area contributed by atoms with E-state index >= 15 is 0 Å². The number of hydrogen-bond donors (Lipinski definition) is 1. The van der Waals surface area contributed by atoms with E-state index in [1.165, 1.54) is 11.1 Å². The molecule has 168 valence electrons. The molecule has 2 amide bonds. The van der Waals surface area contributed by atoms with Gasteiger partial charge in [0.25, 0.3) is 0 Å². The van der Waals surface area contributed by atoms with Crippen LogP contribution in [-0.4, -0.2) is 42.2 Å². The number of rotatable bonds is 12. The summed E-state index contributed by atoms with van der Waals surface area (Å²) in [6.45, 7) is 6.96. The summed E-state index contributed by atoms with van der Waals surface area (Å²) >= 11 is 1.57. The topological polar surface area (TPSA) is 58.6 Å². The van der Waals surface area contributed by atoms with Gasteiger partial charge < -0.3 is 15.0 Å². The first-order chi connectivity index (χ1) is 14.9. The van der Waals surface area contributed by atoms with Crippen LogP contribution < -0.4 is 10.1 Å². The van der Waals surface area contributed by atoms with Crippen molar-refractivity contribution in [2.45, 2.75) is 52.0 Å². The summed E-state index contributed by atoms with van der Waals surface area (Å²) < 4.78 is 5.22. The Balaban J connectivity index is 2.03. The van der Waals surface area contributed by atoms with Crippen molar-refractivity contribution in [1.82, 2.24) is 10.2 Å². The second kappa shape index (κ2) is 13.1. The lowest BCUT2D eigenvalue weighted by Gasteiger charge is -2.29. The fraction of sp³-hybridized carbons (Fsp3) is 0.440. The van der Waals surface area contributed by atoms with E-state index in [1.54, 1.807) is 30.7 Å². The lowest BCUT2D eigenvalue weighted by Crippen LogP contribution is -2.48. The van der Waals surface area contributed by atoms with Crippen LogP contribution in [0.1, 0.15) is 43.4 Å². The Kier molecular flexibility index (Phi) is 10.4. The van der Waals surface area contributed by atoms with Crippen LogP contribution in [0.3, 0.4) is 0 Å². The van der Waals surface area contributed by atoms with Gasteiger partial charge in [-0.05, 0) is 43.5 Å². The number of hydrogen-bond acceptors (Lipinski definition) is 4. The quantitative estimate of drug-likeness (QED) is 0.489. The lowest BCUT2D eigenvalue weighted by molar-refractivity contribution is -0.138. The highest BCUT2D eigenvalue weighted by Gasteiger charge is 2.25. The average molecular weight is 443 g/mol. The van der Waals surface area contributed by atoms with Crippen LogP contribution in [0.25, 0.3) is 0 Å². The van der Waals surface area contributed by atoms with Gasteiger partial charge in [-0.2, -0.15) is 0 Å². The molecule has 5 nitrogen and oxygen atoms in total. The van der Waals surface area contributed by atoms with Gasteiger partial charge in [-0.15, -0.1) is 11.8 Å². The molecule has 2 aromatic carbocycles. The first kappa shape index (κ1) is 24.8. The number of thioether (sulfide) groups is 1. The van der Waals surface area contributed by atoms with Gasteiger partial charge in [-0.25, -0.2) is 0 Å². The van der Waals surface area contributed by atoms with E-state index in [9.17, 15) is 9.59 Å². The Hall–Kier alpha value is -2.47. The molecule has 31 heavy (non-hydrogen) atoms. The number of unbranched alkanes of at least 4 members (excludes halogenated alkanes) is 1. The van der Waals surface area contributed by atoms with Crippen molar-refractivity contribution in [2.75, 3.05) is 19.4 Å². The van der Waals surface area contributed by atoms with Crippen molar-refractivity contribution in [3.63, 3.8) is 0 Å². The number of nitrogens with zero attached hydrogens (tertiary/aromatic N) is 1. The molecule has 0 aliphatic carbocycles. The Labute approximate surface area is 190 Å². The minimum absolute atomic E-state index is 0.0360. The fourth-order valence-electron chi connectivity index (χ4n) is 3.07. The van der Waals surface area contributed by atoms with Crippen molar-refractivity contribution in [2.24, 2.45) is 0 Å². The molecule has 1 atom stereocenters. The van der Waals surface area contributed by atoms with E-state index < -0.39 is 6.04 Å². The second-order valence-corrected chi connectivity index (χ2v) is 8.65. The molecule has 0 saturated carbocycles. The van der Waals surface area contributed by atoms with E-state index in [0.717, 1.165) is 29.9 Å². The molecule has 0 bridgehead atoms. The normalized spacial score (nSPS) is 11.6. The van der Waals surface area contributed by atoms with Gasteiger partial charge in [0.15, 0.2) is 0 Å². The summed E-state index contributed by atoms with van der Waals surface area (Å²) in [5.41, 5.74) is 3.37. The van der Waals surface area contributed by atoms with Gasteiger partial charge in [0.1, 0.15) is 11.8 Å². The van der Waals surface area contributed by atoms with E-state index in [1.807, 2.05) is 24.3 Å². The molecule has 0 radical (unpaired) electrons. The van der Waals surface area contributed by atoms with E-state index in [0.29, 0.717) is 18.8 Å². The highest BCUT2D eigenvalue weighted by atomic mass is 32.2. The predicted molar refractivity (Wildman–Crippen MR) is 128 cm³/mol. The van der Waals surface area contributed by atoms with Crippen molar-refractivity contribution >= 4 is 23.6 Å². The largest absolute Gasteiger partial charge is 0.497 e. The van der Waals surface area contributed by atoms with Gasteiger partial charge in [0, 0.05) is 18.8 Å². The molecule has 6 heteroatoms. The van der Waals surface area contributed by atoms with Crippen molar-refractivity contribution in [3.8, 4) is 5.75 Å². The summed E-state index contributed by atoms with van der Waals surface area (Å²) in [6.07, 6.45) is 1.94. The van der Waals surface area contributed by atoms with Gasteiger partial charge in [0.05, 0.1) is 12.9 Å². The van der Waals surface area contributed by atoms with Crippen LogP contribution in [0.5, 0.6) is 5.75 Å². The smallest absolute Gasteiger partial charge is 0.242 e. The number of carbonyl (C=O) groups excluding carboxylic acids is 2. The lowest BCUT2D eigenvalue weighted by atomic mass is 10.1. The maximum absolute atomic E-state index is 13.1. The number of carbonyl (C=O) groups is 2. The molecular weight excluding hydrogens is 408 g/mol. The number of aryl methyl sites for hydroxylation is 1. The summed E-state index contributed by atoms with van der Waals surface area (Å²) in [4.78, 5) is 27.4. The zero-order valence-electron chi connectivity index (χ0n) is 19.0. The zero-order chi connectivity index (χ0) is 22.6.